The Morgan fingerprint density at radius 2 is 1.66 bits per heavy atom. The molecule has 0 radical (unpaired) electrons. The lowest BCUT2D eigenvalue weighted by molar-refractivity contribution is -0.143. The highest BCUT2D eigenvalue weighted by Gasteiger charge is 2.24. The average Bonchev–Trinajstić information content (AvgIpc) is 3.06. The molecule has 0 fully saturated rings. The Hall–Kier alpha value is -1.81. The van der Waals surface area contributed by atoms with E-state index in [-0.39, 0.29) is 30.1 Å². The molecule has 0 bridgehead atoms. The third-order valence-electron chi connectivity index (χ3n) is 5.80. The van der Waals surface area contributed by atoms with Gasteiger partial charge in [0, 0.05) is 63.2 Å². The van der Waals surface area contributed by atoms with Crippen LogP contribution in [0.3, 0.4) is 0 Å². The van der Waals surface area contributed by atoms with Crippen molar-refractivity contribution in [3.8, 4) is 0 Å². The number of ether oxygens (including phenoxy) is 1. The molecular weight excluding hydrogens is 723 g/mol. The van der Waals surface area contributed by atoms with E-state index in [0.29, 0.717) is 29.8 Å². The Morgan fingerprint density at radius 1 is 1.04 bits per heavy atom. The zero-order chi connectivity index (χ0) is 35.4. The van der Waals surface area contributed by atoms with Gasteiger partial charge in [-0.1, -0.05) is 58.5 Å². The molecule has 0 spiro atoms. The van der Waals surface area contributed by atoms with Crippen molar-refractivity contribution in [1.29, 1.82) is 0 Å². The van der Waals surface area contributed by atoms with E-state index in [0.717, 1.165) is 11.3 Å². The van der Waals surface area contributed by atoms with Gasteiger partial charge in [0.15, 0.2) is 0 Å². The highest BCUT2D eigenvalue weighted by Crippen LogP contribution is 2.59. The van der Waals surface area contributed by atoms with Crippen molar-refractivity contribution in [3.05, 3.63) is 65.2 Å². The molecule has 0 saturated heterocycles. The average molecular weight is 767 g/mol. The number of halogens is 1. The Balaban J connectivity index is 0.000000481. The molecule has 0 saturated carbocycles. The smallest absolute Gasteiger partial charge is 0.446 e. The predicted octanol–water partition coefficient (Wildman–Crippen LogP) is 8.10. The molecule has 2 amide bonds. The second-order valence-corrected chi connectivity index (χ2v) is 18.8. The number of oxime groups is 1. The minimum atomic E-state index is -2.42. The zero-order valence-corrected chi connectivity index (χ0v) is 32.8. The van der Waals surface area contributed by atoms with Crippen LogP contribution < -0.4 is 4.90 Å². The molecule has 0 aliphatic heterocycles. The summed E-state index contributed by atoms with van der Waals surface area (Å²) in [6.07, 6.45) is 1.50. The van der Waals surface area contributed by atoms with Crippen LogP contribution in [0.1, 0.15) is 39.7 Å². The first-order chi connectivity index (χ1) is 22.3. The fourth-order valence-electron chi connectivity index (χ4n) is 3.51. The minimum Gasteiger partial charge on any atom is -0.466 e. The number of thioether (sulfide) groups is 1. The molecule has 0 aliphatic carbocycles. The van der Waals surface area contributed by atoms with Crippen molar-refractivity contribution in [2.45, 2.75) is 46.7 Å². The number of esters is 1. The monoisotopic (exact) mass is 766 g/mol. The summed E-state index contributed by atoms with van der Waals surface area (Å²) < 4.78 is 18.6. The quantitative estimate of drug-likeness (QED) is 0.0313. The third kappa shape index (κ3) is 17.4. The molecule has 0 aliphatic rings. The Kier molecular flexibility index (Phi) is 21.6. The molecule has 0 atom stereocenters. The molecule has 0 aromatic heterocycles. The van der Waals surface area contributed by atoms with Crippen molar-refractivity contribution in [3.63, 3.8) is 0 Å². The SMILES string of the molecule is CCOC(=O)CCN(Cc1ccccc1)SN(C)C(=O)O/N=C(/C)SC.COP(=S)(OC)SCC(=O)N(c1ccc(Cl)cc1)C(C)C. The van der Waals surface area contributed by atoms with Gasteiger partial charge in [-0.3, -0.25) is 14.4 Å². The summed E-state index contributed by atoms with van der Waals surface area (Å²) in [5, 5.41) is 5.03. The van der Waals surface area contributed by atoms with E-state index >= 15 is 0 Å². The van der Waals surface area contributed by atoms with E-state index in [1.54, 1.807) is 37.9 Å². The van der Waals surface area contributed by atoms with E-state index in [1.807, 2.05) is 66.9 Å². The largest absolute Gasteiger partial charge is 0.466 e. The number of carbonyl (C=O) groups is 3. The van der Waals surface area contributed by atoms with Crippen molar-refractivity contribution in [2.24, 2.45) is 5.16 Å². The molecule has 17 heteroatoms. The van der Waals surface area contributed by atoms with Crippen molar-refractivity contribution in [2.75, 3.05) is 51.3 Å². The number of hydrogen-bond donors (Lipinski definition) is 0. The topological polar surface area (TPSA) is 110 Å². The number of hydrogen-bond acceptors (Lipinski definition) is 13. The normalized spacial score (nSPS) is 11.5. The highest BCUT2D eigenvalue weighted by atomic mass is 35.5. The highest BCUT2D eigenvalue weighted by molar-refractivity contribution is 8.68. The van der Waals surface area contributed by atoms with Gasteiger partial charge in [-0.05, 0) is 75.6 Å². The van der Waals surface area contributed by atoms with E-state index in [2.05, 4.69) is 5.16 Å². The molecule has 262 valence electrons. The van der Waals surface area contributed by atoms with Gasteiger partial charge >= 0.3 is 12.1 Å². The maximum Gasteiger partial charge on any atom is 0.446 e. The van der Waals surface area contributed by atoms with Gasteiger partial charge in [-0.25, -0.2) is 13.4 Å². The van der Waals surface area contributed by atoms with Gasteiger partial charge in [0.25, 0.3) is 0 Å². The second-order valence-electron chi connectivity index (χ2n) is 9.57. The first kappa shape index (κ1) is 43.2. The lowest BCUT2D eigenvalue weighted by Gasteiger charge is -2.27. The summed E-state index contributed by atoms with van der Waals surface area (Å²) in [5.74, 6) is -0.100. The lowest BCUT2D eigenvalue weighted by atomic mass is 10.2. The van der Waals surface area contributed by atoms with Gasteiger partial charge in [-0.2, -0.15) is 0 Å². The number of benzene rings is 2. The number of nitrogens with zero attached hydrogens (tertiary/aromatic N) is 4. The first-order valence-electron chi connectivity index (χ1n) is 14.4. The van der Waals surface area contributed by atoms with Crippen LogP contribution in [-0.2, 0) is 46.6 Å². The zero-order valence-electron chi connectivity index (χ0n) is 27.9. The molecule has 2 aromatic carbocycles. The molecule has 2 aromatic rings. The summed E-state index contributed by atoms with van der Waals surface area (Å²) >= 11 is 14.9. The molecule has 0 N–H and O–H groups in total. The van der Waals surface area contributed by atoms with Crippen LogP contribution in [0, 0.1) is 0 Å². The Bertz CT molecular complexity index is 1320. The van der Waals surface area contributed by atoms with Crippen molar-refractivity contribution < 1.29 is 33.0 Å². The number of carbonyl (C=O) groups excluding carboxylic acids is 3. The van der Waals surface area contributed by atoms with E-state index in [1.165, 1.54) is 53.8 Å². The summed E-state index contributed by atoms with van der Waals surface area (Å²) in [6.45, 7) is 8.80. The number of amides is 2. The molecular formula is C30H44ClN4O7PS4. The van der Waals surface area contributed by atoms with Crippen LogP contribution in [0.2, 0.25) is 5.02 Å². The summed E-state index contributed by atoms with van der Waals surface area (Å²) in [7, 11) is 4.60. The third-order valence-corrected chi connectivity index (χ3v) is 13.3. The second kappa shape index (κ2) is 23.5. The van der Waals surface area contributed by atoms with E-state index < -0.39 is 11.8 Å². The van der Waals surface area contributed by atoms with Gasteiger partial charge in [0.05, 0.1) is 18.8 Å². The summed E-state index contributed by atoms with van der Waals surface area (Å²) in [4.78, 5) is 42.8. The maximum atomic E-state index is 12.5. The van der Waals surface area contributed by atoms with Crippen LogP contribution in [0.4, 0.5) is 10.5 Å². The van der Waals surface area contributed by atoms with E-state index in [4.69, 9.17) is 42.0 Å². The van der Waals surface area contributed by atoms with Crippen molar-refractivity contribution >= 4 is 93.1 Å². The molecule has 11 nitrogen and oxygen atoms in total. The Morgan fingerprint density at radius 3 is 2.19 bits per heavy atom. The van der Waals surface area contributed by atoms with Crippen LogP contribution in [0.25, 0.3) is 0 Å². The fourth-order valence-corrected chi connectivity index (χ4v) is 7.25. The van der Waals surface area contributed by atoms with Gasteiger partial charge < -0.3 is 18.7 Å². The fraction of sp³-hybridized carbons (Fsp3) is 0.467. The van der Waals surface area contributed by atoms with Gasteiger partial charge in [-0.15, -0.1) is 11.8 Å². The lowest BCUT2D eigenvalue weighted by Crippen LogP contribution is -2.38. The number of anilines is 1. The molecule has 0 unspecified atom stereocenters. The summed E-state index contributed by atoms with van der Waals surface area (Å²) in [5.41, 5.74) is -0.543. The predicted molar refractivity (Wildman–Crippen MR) is 201 cm³/mol. The number of rotatable bonds is 16. The van der Waals surface area contributed by atoms with Crippen molar-refractivity contribution in [1.82, 2.24) is 8.61 Å². The van der Waals surface area contributed by atoms with Crippen LogP contribution >= 0.6 is 52.6 Å². The van der Waals surface area contributed by atoms with Gasteiger partial charge in [0.2, 0.25) is 11.6 Å². The Labute approximate surface area is 301 Å². The molecule has 0 heterocycles. The molecule has 2 rings (SSSR count). The van der Waals surface area contributed by atoms with E-state index in [9.17, 15) is 14.4 Å². The minimum absolute atomic E-state index is 0.0298. The maximum absolute atomic E-state index is 12.5. The molecule has 47 heavy (non-hydrogen) atoms. The van der Waals surface area contributed by atoms with Crippen LogP contribution in [0.5, 0.6) is 0 Å². The standard InChI is InChI=1S/C17H25N3O4S2.C13H19ClNO3PS2/c1-5-23-16(21)11-12-20(13-15-9-7-6-8-10-15)26-19(3)17(22)24-18-14(2)25-4;1-10(2)15(12-7-5-11(14)6-8-12)13(16)9-21-19(20,17-3)18-4/h6-10H,5,11-13H2,1-4H3;5-8,10H,9H2,1-4H3/b18-14-;. The van der Waals surface area contributed by atoms with Crippen LogP contribution in [-0.4, -0.2) is 84.1 Å². The first-order valence-corrected chi connectivity index (χ1v) is 20.9. The summed E-state index contributed by atoms with van der Waals surface area (Å²) in [6, 6.07) is 17.0. The van der Waals surface area contributed by atoms with Gasteiger partial charge in [0.1, 0.15) is 5.04 Å². The van der Waals surface area contributed by atoms with Crippen LogP contribution in [0.15, 0.2) is 59.8 Å².